The molecule has 9 heteroatoms. The van der Waals surface area contributed by atoms with Gasteiger partial charge >= 0.3 is 0 Å². The van der Waals surface area contributed by atoms with Gasteiger partial charge in [-0.3, -0.25) is 20.4 Å². The van der Waals surface area contributed by atoms with Gasteiger partial charge in [0.25, 0.3) is 0 Å². The predicted octanol–water partition coefficient (Wildman–Crippen LogP) is 1.51. The number of amides is 2. The summed E-state index contributed by atoms with van der Waals surface area (Å²) < 4.78 is 22.6. The van der Waals surface area contributed by atoms with Crippen LogP contribution in [0.5, 0.6) is 0 Å². The molecule has 0 bridgehead atoms. The van der Waals surface area contributed by atoms with Crippen LogP contribution in [-0.4, -0.2) is 31.7 Å². The van der Waals surface area contributed by atoms with Crippen LogP contribution in [0.4, 0.5) is 0 Å². The van der Waals surface area contributed by atoms with Crippen LogP contribution in [0.3, 0.4) is 0 Å². The largest absolute Gasteiger partial charge is 0.273 e. The van der Waals surface area contributed by atoms with Crippen LogP contribution in [0.25, 0.3) is 0 Å². The molecule has 23 heavy (non-hydrogen) atoms. The molecule has 2 rings (SSSR count). The van der Waals surface area contributed by atoms with Gasteiger partial charge in [0.05, 0.1) is 17.9 Å². The lowest BCUT2D eigenvalue weighted by molar-refractivity contribution is -0.129. The van der Waals surface area contributed by atoms with Crippen LogP contribution in [0.1, 0.15) is 18.4 Å². The highest BCUT2D eigenvalue weighted by atomic mass is 35.5. The lowest BCUT2D eigenvalue weighted by Gasteiger charge is -2.10. The number of hydrogen-bond donors (Lipinski definition) is 2. The molecule has 0 unspecified atom stereocenters. The molecule has 1 aliphatic heterocycles. The second-order valence-corrected chi connectivity index (χ2v) is 8.55. The Hall–Kier alpha value is -1.31. The van der Waals surface area contributed by atoms with Gasteiger partial charge in [0.2, 0.25) is 11.8 Å². The molecule has 0 spiro atoms. The number of benzene rings is 1. The highest BCUT2D eigenvalue weighted by Gasteiger charge is 2.29. The summed E-state index contributed by atoms with van der Waals surface area (Å²) in [7, 11) is -3.01. The first-order valence-corrected chi connectivity index (χ1v) is 9.55. The number of rotatable bonds is 4. The van der Waals surface area contributed by atoms with Gasteiger partial charge in [0, 0.05) is 16.5 Å². The van der Waals surface area contributed by atoms with Gasteiger partial charge in [0.15, 0.2) is 9.84 Å². The fourth-order valence-corrected chi connectivity index (χ4v) is 4.71. The Labute approximate surface area is 144 Å². The summed E-state index contributed by atoms with van der Waals surface area (Å²) in [4.78, 5) is 23.5. The van der Waals surface area contributed by atoms with Gasteiger partial charge in [0.1, 0.15) is 0 Å². The normalized spacial score (nSPS) is 19.3. The second-order valence-electron chi connectivity index (χ2n) is 5.48. The van der Waals surface area contributed by atoms with Crippen molar-refractivity contribution in [3.8, 4) is 0 Å². The minimum atomic E-state index is -3.01. The van der Waals surface area contributed by atoms with Crippen molar-refractivity contribution in [3.05, 3.63) is 33.8 Å². The summed E-state index contributed by atoms with van der Waals surface area (Å²) >= 11 is 11.7. The lowest BCUT2D eigenvalue weighted by Crippen LogP contribution is -2.43. The van der Waals surface area contributed by atoms with Crippen LogP contribution < -0.4 is 10.9 Å². The maximum Gasteiger partial charge on any atom is 0.242 e. The summed E-state index contributed by atoms with van der Waals surface area (Å²) in [6.07, 6.45) is 0.541. The van der Waals surface area contributed by atoms with Crippen LogP contribution in [-0.2, 0) is 25.8 Å². The van der Waals surface area contributed by atoms with Crippen molar-refractivity contribution in [3.63, 3.8) is 0 Å². The smallest absolute Gasteiger partial charge is 0.242 e. The molecule has 1 aromatic rings. The second kappa shape index (κ2) is 7.51. The minimum absolute atomic E-state index is 0.00586. The molecule has 126 valence electrons. The third-order valence-electron chi connectivity index (χ3n) is 3.51. The number of sulfone groups is 1. The van der Waals surface area contributed by atoms with Crippen molar-refractivity contribution in [2.45, 2.75) is 19.3 Å². The summed E-state index contributed by atoms with van der Waals surface area (Å²) in [5.74, 6) is -0.895. The topological polar surface area (TPSA) is 92.3 Å². The quantitative estimate of drug-likeness (QED) is 0.776. The standard InChI is InChI=1S/C14H16Cl2N2O4S/c15-11-2-1-10(12(16)7-11)6-14(20)18-17-13(19)5-9-3-4-23(21,22)8-9/h1-2,7,9H,3-6,8H2,(H,17,19)(H,18,20)/t9-/m0/s1. The highest BCUT2D eigenvalue weighted by molar-refractivity contribution is 7.91. The number of hydrazine groups is 1. The van der Waals surface area contributed by atoms with E-state index in [2.05, 4.69) is 10.9 Å². The fourth-order valence-electron chi connectivity index (χ4n) is 2.37. The van der Waals surface area contributed by atoms with E-state index in [1.165, 1.54) is 6.07 Å². The molecule has 1 heterocycles. The summed E-state index contributed by atoms with van der Waals surface area (Å²) in [5, 5.41) is 0.842. The Morgan fingerprint density at radius 1 is 1.17 bits per heavy atom. The Kier molecular flexibility index (Phi) is 5.89. The molecule has 1 saturated heterocycles. The Morgan fingerprint density at radius 3 is 2.48 bits per heavy atom. The van der Waals surface area contributed by atoms with E-state index in [0.717, 1.165) is 0 Å². The summed E-state index contributed by atoms with van der Waals surface area (Å²) in [5.41, 5.74) is 5.16. The molecule has 0 aromatic heterocycles. The van der Waals surface area contributed by atoms with Crippen LogP contribution in [0.15, 0.2) is 18.2 Å². The molecule has 1 atom stereocenters. The predicted molar refractivity (Wildman–Crippen MR) is 87.8 cm³/mol. The molecular formula is C14H16Cl2N2O4S. The average molecular weight is 379 g/mol. The zero-order valence-electron chi connectivity index (χ0n) is 12.1. The van der Waals surface area contributed by atoms with Crippen molar-refractivity contribution < 1.29 is 18.0 Å². The van der Waals surface area contributed by atoms with Crippen molar-refractivity contribution >= 4 is 44.9 Å². The molecular weight excluding hydrogens is 363 g/mol. The summed E-state index contributed by atoms with van der Waals surface area (Å²) in [6.45, 7) is 0. The van der Waals surface area contributed by atoms with Crippen molar-refractivity contribution in [2.75, 3.05) is 11.5 Å². The van der Waals surface area contributed by atoms with E-state index in [1.807, 2.05) is 0 Å². The van der Waals surface area contributed by atoms with Crippen molar-refractivity contribution in [1.82, 2.24) is 10.9 Å². The third-order valence-corrected chi connectivity index (χ3v) is 5.93. The van der Waals surface area contributed by atoms with Crippen molar-refractivity contribution in [1.29, 1.82) is 0 Å². The first-order chi connectivity index (χ1) is 10.7. The third kappa shape index (κ3) is 5.67. The monoisotopic (exact) mass is 378 g/mol. The molecule has 2 amide bonds. The maximum atomic E-state index is 11.8. The van der Waals surface area contributed by atoms with Crippen LogP contribution in [0.2, 0.25) is 10.0 Å². The molecule has 0 aliphatic carbocycles. The van der Waals surface area contributed by atoms with Gasteiger partial charge in [-0.05, 0) is 30.0 Å². The van der Waals surface area contributed by atoms with Gasteiger partial charge < -0.3 is 0 Å². The molecule has 1 aromatic carbocycles. The number of nitrogens with one attached hydrogen (secondary N) is 2. The van der Waals surface area contributed by atoms with E-state index in [0.29, 0.717) is 22.0 Å². The van der Waals surface area contributed by atoms with Gasteiger partial charge in [-0.2, -0.15) is 0 Å². The van der Waals surface area contributed by atoms with Gasteiger partial charge in [-0.15, -0.1) is 0 Å². The van der Waals surface area contributed by atoms with E-state index < -0.39 is 21.7 Å². The van der Waals surface area contributed by atoms with E-state index >= 15 is 0 Å². The van der Waals surface area contributed by atoms with Gasteiger partial charge in [-0.1, -0.05) is 29.3 Å². The molecule has 2 N–H and O–H groups in total. The molecule has 6 nitrogen and oxygen atoms in total. The number of carbonyl (C=O) groups is 2. The van der Waals surface area contributed by atoms with Crippen molar-refractivity contribution in [2.24, 2.45) is 5.92 Å². The zero-order chi connectivity index (χ0) is 17.0. The first kappa shape index (κ1) is 18.0. The van der Waals surface area contributed by atoms with E-state index in [4.69, 9.17) is 23.2 Å². The molecule has 0 radical (unpaired) electrons. The summed E-state index contributed by atoms with van der Waals surface area (Å²) in [6, 6.07) is 4.79. The molecule has 1 fully saturated rings. The van der Waals surface area contributed by atoms with Crippen LogP contribution in [0, 0.1) is 5.92 Å². The average Bonchev–Trinajstić information content (AvgIpc) is 2.79. The Bertz CT molecular complexity index is 721. The first-order valence-electron chi connectivity index (χ1n) is 6.97. The molecule has 0 saturated carbocycles. The fraction of sp³-hybridized carbons (Fsp3) is 0.429. The Morgan fingerprint density at radius 2 is 1.87 bits per heavy atom. The SMILES string of the molecule is O=C(Cc1ccc(Cl)cc1Cl)NNC(=O)C[C@@H]1CCS(=O)(=O)C1. The number of halogens is 2. The molecule has 1 aliphatic rings. The maximum absolute atomic E-state index is 11.8. The Balaban J connectivity index is 1.77. The number of carbonyl (C=O) groups excluding carboxylic acids is 2. The lowest BCUT2D eigenvalue weighted by atomic mass is 10.1. The highest BCUT2D eigenvalue weighted by Crippen LogP contribution is 2.22. The van der Waals surface area contributed by atoms with Gasteiger partial charge in [-0.25, -0.2) is 8.42 Å². The van der Waals surface area contributed by atoms with Crippen LogP contribution >= 0.6 is 23.2 Å². The van der Waals surface area contributed by atoms with E-state index in [9.17, 15) is 18.0 Å². The minimum Gasteiger partial charge on any atom is -0.273 e. The van der Waals surface area contributed by atoms with E-state index in [1.54, 1.807) is 12.1 Å². The zero-order valence-corrected chi connectivity index (χ0v) is 14.5. The number of hydrogen-bond acceptors (Lipinski definition) is 4. The van der Waals surface area contributed by atoms with E-state index in [-0.39, 0.29) is 30.3 Å².